The Kier molecular flexibility index (Phi) is 8.72. The molecule has 0 unspecified atom stereocenters. The van der Waals surface area contributed by atoms with Crippen LogP contribution in [0.25, 0.3) is 6.08 Å². The predicted molar refractivity (Wildman–Crippen MR) is 128 cm³/mol. The van der Waals surface area contributed by atoms with E-state index in [1.165, 1.54) is 39.4 Å². The van der Waals surface area contributed by atoms with Gasteiger partial charge in [-0.3, -0.25) is 4.79 Å². The summed E-state index contributed by atoms with van der Waals surface area (Å²) in [5.41, 5.74) is 1.80. The lowest BCUT2D eigenvalue weighted by Gasteiger charge is -2.15. The third-order valence-electron chi connectivity index (χ3n) is 4.49. The number of benzene rings is 2. The predicted octanol–water partition coefficient (Wildman–Crippen LogP) is 4.59. The van der Waals surface area contributed by atoms with Crippen LogP contribution in [0.15, 0.2) is 41.3 Å². The summed E-state index contributed by atoms with van der Waals surface area (Å²) in [6, 6.07) is 8.00. The molecule has 32 heavy (non-hydrogen) atoms. The van der Waals surface area contributed by atoms with Crippen molar-refractivity contribution >= 4 is 39.3 Å². The van der Waals surface area contributed by atoms with Crippen molar-refractivity contribution in [3.05, 3.63) is 52.6 Å². The molecule has 2 aromatic carbocycles. The summed E-state index contributed by atoms with van der Waals surface area (Å²) in [5.74, 6) is 0.839. The summed E-state index contributed by atoms with van der Waals surface area (Å²) in [7, 11) is 0.815. The zero-order chi connectivity index (χ0) is 24.1. The molecule has 1 amide bonds. The van der Waals surface area contributed by atoms with Crippen LogP contribution < -0.4 is 14.8 Å². The molecule has 174 valence electrons. The molecule has 0 aromatic heterocycles. The number of anilines is 1. The lowest BCUT2D eigenvalue weighted by atomic mass is 10.1. The highest BCUT2D eigenvalue weighted by Gasteiger charge is 2.18. The Morgan fingerprint density at radius 3 is 2.50 bits per heavy atom. The first kappa shape index (κ1) is 25.7. The highest BCUT2D eigenvalue weighted by Crippen LogP contribution is 2.37. The second-order valence-electron chi connectivity index (χ2n) is 7.83. The van der Waals surface area contributed by atoms with Gasteiger partial charge in [0.05, 0.1) is 23.6 Å². The number of amides is 1. The Morgan fingerprint density at radius 2 is 1.91 bits per heavy atom. The lowest BCUT2D eigenvalue weighted by Crippen LogP contribution is -2.22. The number of ether oxygens (including phenoxy) is 2. The number of hydrogen-bond donors (Lipinski definition) is 1. The fraction of sp³-hybridized carbons (Fsp3) is 0.348. The Balaban J connectivity index is 2.22. The van der Waals surface area contributed by atoms with Crippen LogP contribution in [-0.4, -0.2) is 46.4 Å². The largest absolute Gasteiger partial charge is 0.493 e. The van der Waals surface area contributed by atoms with E-state index in [1.54, 1.807) is 31.2 Å². The quantitative estimate of drug-likeness (QED) is 0.530. The fourth-order valence-corrected chi connectivity index (χ4v) is 3.88. The van der Waals surface area contributed by atoms with Gasteiger partial charge in [0.2, 0.25) is 15.9 Å². The number of nitrogens with zero attached hydrogens (tertiary/aromatic N) is 1. The number of nitrogens with one attached hydrogen (secondary N) is 1. The second kappa shape index (κ2) is 10.8. The molecule has 0 saturated heterocycles. The molecule has 0 saturated carbocycles. The fourth-order valence-electron chi connectivity index (χ4n) is 2.68. The average molecular weight is 481 g/mol. The van der Waals surface area contributed by atoms with E-state index < -0.39 is 15.9 Å². The topological polar surface area (TPSA) is 84.9 Å². The van der Waals surface area contributed by atoms with Gasteiger partial charge in [-0.2, -0.15) is 0 Å². The van der Waals surface area contributed by atoms with Crippen LogP contribution >= 0.6 is 11.6 Å². The molecule has 0 aliphatic carbocycles. The summed E-state index contributed by atoms with van der Waals surface area (Å²) in [6.45, 7) is 6.34. The van der Waals surface area contributed by atoms with Crippen LogP contribution in [0.2, 0.25) is 5.02 Å². The zero-order valence-electron chi connectivity index (χ0n) is 19.1. The van der Waals surface area contributed by atoms with Gasteiger partial charge in [0.1, 0.15) is 0 Å². The first-order valence-electron chi connectivity index (χ1n) is 9.98. The van der Waals surface area contributed by atoms with Crippen LogP contribution in [0.4, 0.5) is 5.69 Å². The molecule has 0 heterocycles. The first-order chi connectivity index (χ1) is 14.9. The van der Waals surface area contributed by atoms with Crippen LogP contribution in [-0.2, 0) is 14.8 Å². The zero-order valence-corrected chi connectivity index (χ0v) is 20.7. The third kappa shape index (κ3) is 6.48. The third-order valence-corrected chi connectivity index (χ3v) is 6.58. The number of aryl methyl sites for hydroxylation is 1. The van der Waals surface area contributed by atoms with Crippen molar-refractivity contribution in [3.8, 4) is 11.5 Å². The number of halogens is 1. The van der Waals surface area contributed by atoms with E-state index in [0.717, 1.165) is 9.87 Å². The van der Waals surface area contributed by atoms with E-state index in [0.29, 0.717) is 40.3 Å². The van der Waals surface area contributed by atoms with Crippen LogP contribution in [0, 0.1) is 12.8 Å². The number of hydrogen-bond acceptors (Lipinski definition) is 5. The van der Waals surface area contributed by atoms with Crippen molar-refractivity contribution in [2.45, 2.75) is 25.7 Å². The molecule has 9 heteroatoms. The minimum absolute atomic E-state index is 0.0980. The van der Waals surface area contributed by atoms with Gasteiger partial charge in [0, 0.05) is 25.9 Å². The molecular weight excluding hydrogens is 452 g/mol. The SMILES string of the molecule is COc1cc(/C=C/C(=O)Nc2cc(S(=O)(=O)N(C)C)ccc2C)cc(Cl)c1OCC(C)C. The van der Waals surface area contributed by atoms with Gasteiger partial charge in [-0.05, 0) is 54.3 Å². The van der Waals surface area contributed by atoms with Crippen molar-refractivity contribution < 1.29 is 22.7 Å². The highest BCUT2D eigenvalue weighted by atomic mass is 35.5. The summed E-state index contributed by atoms with van der Waals surface area (Å²) in [6.07, 6.45) is 2.93. The molecule has 0 fully saturated rings. The molecule has 0 aliphatic heterocycles. The van der Waals surface area contributed by atoms with Crippen molar-refractivity contribution in [2.24, 2.45) is 5.92 Å². The smallest absolute Gasteiger partial charge is 0.248 e. The Labute approximate surface area is 195 Å². The molecule has 7 nitrogen and oxygen atoms in total. The summed E-state index contributed by atoms with van der Waals surface area (Å²) in [5, 5.41) is 3.10. The van der Waals surface area contributed by atoms with Gasteiger partial charge in [-0.25, -0.2) is 12.7 Å². The lowest BCUT2D eigenvalue weighted by molar-refractivity contribution is -0.111. The molecule has 0 bridgehead atoms. The summed E-state index contributed by atoms with van der Waals surface area (Å²) in [4.78, 5) is 12.6. The van der Waals surface area contributed by atoms with Gasteiger partial charge in [-0.1, -0.05) is 31.5 Å². The van der Waals surface area contributed by atoms with Gasteiger partial charge in [0.25, 0.3) is 0 Å². The van der Waals surface area contributed by atoms with Crippen molar-refractivity contribution in [2.75, 3.05) is 33.1 Å². The molecule has 1 N–H and O–H groups in total. The standard InChI is InChI=1S/C23H29ClN2O5S/c1-15(2)14-31-23-19(24)11-17(12-21(23)30-6)8-10-22(27)25-20-13-18(9-7-16(20)3)32(28,29)26(4)5/h7-13,15H,14H2,1-6H3,(H,25,27)/b10-8+. The number of methoxy groups -OCH3 is 1. The maximum atomic E-state index is 12.5. The Bertz CT molecular complexity index is 1110. The molecule has 0 spiro atoms. The molecule has 2 aromatic rings. The van der Waals surface area contributed by atoms with Crippen LogP contribution in [0.1, 0.15) is 25.0 Å². The first-order valence-corrected chi connectivity index (χ1v) is 11.8. The van der Waals surface area contributed by atoms with E-state index in [-0.39, 0.29) is 4.90 Å². The Hall–Kier alpha value is -2.55. The van der Waals surface area contributed by atoms with Gasteiger partial charge >= 0.3 is 0 Å². The van der Waals surface area contributed by atoms with E-state index in [1.807, 2.05) is 13.8 Å². The maximum absolute atomic E-state index is 12.5. The molecule has 0 aliphatic rings. The van der Waals surface area contributed by atoms with E-state index in [4.69, 9.17) is 21.1 Å². The molecule has 0 radical (unpaired) electrons. The minimum atomic E-state index is -3.61. The number of carbonyl (C=O) groups excluding carboxylic acids is 1. The summed E-state index contributed by atoms with van der Waals surface area (Å²) >= 11 is 6.35. The molecular formula is C23H29ClN2O5S. The van der Waals surface area contributed by atoms with E-state index in [9.17, 15) is 13.2 Å². The van der Waals surface area contributed by atoms with Crippen molar-refractivity contribution in [3.63, 3.8) is 0 Å². The summed E-state index contributed by atoms with van der Waals surface area (Å²) < 4.78 is 37.0. The molecule has 2 rings (SSSR count). The van der Waals surface area contributed by atoms with Gasteiger partial charge in [0.15, 0.2) is 11.5 Å². The highest BCUT2D eigenvalue weighted by molar-refractivity contribution is 7.89. The van der Waals surface area contributed by atoms with Crippen LogP contribution in [0.3, 0.4) is 0 Å². The number of carbonyl (C=O) groups is 1. The number of rotatable bonds is 9. The normalized spacial score (nSPS) is 11.9. The van der Waals surface area contributed by atoms with Crippen molar-refractivity contribution in [1.29, 1.82) is 0 Å². The maximum Gasteiger partial charge on any atom is 0.248 e. The molecule has 0 atom stereocenters. The monoisotopic (exact) mass is 480 g/mol. The van der Waals surface area contributed by atoms with Crippen molar-refractivity contribution in [1.82, 2.24) is 4.31 Å². The average Bonchev–Trinajstić information content (AvgIpc) is 2.72. The number of sulfonamides is 1. The van der Waals surface area contributed by atoms with Gasteiger partial charge < -0.3 is 14.8 Å². The Morgan fingerprint density at radius 1 is 1.22 bits per heavy atom. The van der Waals surface area contributed by atoms with E-state index in [2.05, 4.69) is 5.32 Å². The second-order valence-corrected chi connectivity index (χ2v) is 10.4. The minimum Gasteiger partial charge on any atom is -0.493 e. The van der Waals surface area contributed by atoms with Crippen LogP contribution in [0.5, 0.6) is 11.5 Å². The van der Waals surface area contributed by atoms with E-state index >= 15 is 0 Å². The van der Waals surface area contributed by atoms with Gasteiger partial charge in [-0.15, -0.1) is 0 Å².